The predicted molar refractivity (Wildman–Crippen MR) is 31.0 cm³/mol. The second-order valence-corrected chi connectivity index (χ2v) is 2.63. The van der Waals surface area contributed by atoms with E-state index in [1.54, 1.807) is 0 Å². The molecule has 3 heteroatoms. The second-order valence-electron chi connectivity index (χ2n) is 2.63. The van der Waals surface area contributed by atoms with Gasteiger partial charge in [0.25, 0.3) is 0 Å². The van der Waals surface area contributed by atoms with Crippen molar-refractivity contribution in [3.05, 3.63) is 0 Å². The van der Waals surface area contributed by atoms with Crippen LogP contribution in [0.4, 0.5) is 0 Å². The van der Waals surface area contributed by atoms with Crippen LogP contribution in [0.1, 0.15) is 19.3 Å². The van der Waals surface area contributed by atoms with Crippen LogP contribution in [-0.2, 0) is 0 Å². The smallest absolute Gasteiger partial charge is 0.0662 e. The maximum atomic E-state index is 8.90. The van der Waals surface area contributed by atoms with Crippen molar-refractivity contribution >= 4 is 0 Å². The third kappa shape index (κ3) is 1.18. The minimum absolute atomic E-state index is 0.259. The van der Waals surface area contributed by atoms with E-state index in [-0.39, 0.29) is 6.10 Å². The Morgan fingerprint density at radius 2 is 2.12 bits per heavy atom. The van der Waals surface area contributed by atoms with Gasteiger partial charge < -0.3 is 16.6 Å². The maximum Gasteiger partial charge on any atom is 0.0662 e. The molecule has 0 amide bonds. The van der Waals surface area contributed by atoms with Crippen molar-refractivity contribution in [3.8, 4) is 0 Å². The average molecular weight is 116 g/mol. The lowest BCUT2D eigenvalue weighted by Gasteiger charge is -2.15. The molecule has 5 N–H and O–H groups in total. The molecular weight excluding hydrogens is 104 g/mol. The van der Waals surface area contributed by atoms with Gasteiger partial charge in [-0.15, -0.1) is 0 Å². The zero-order valence-electron chi connectivity index (χ0n) is 4.80. The lowest BCUT2D eigenvalue weighted by Crippen LogP contribution is -2.46. The molecule has 3 nitrogen and oxygen atoms in total. The summed E-state index contributed by atoms with van der Waals surface area (Å²) < 4.78 is 0. The van der Waals surface area contributed by atoms with Gasteiger partial charge in [0.15, 0.2) is 0 Å². The van der Waals surface area contributed by atoms with Crippen molar-refractivity contribution in [1.29, 1.82) is 0 Å². The van der Waals surface area contributed by atoms with Crippen LogP contribution in [0, 0.1) is 0 Å². The van der Waals surface area contributed by atoms with Crippen molar-refractivity contribution in [2.24, 2.45) is 11.5 Å². The van der Waals surface area contributed by atoms with Gasteiger partial charge in [0.2, 0.25) is 0 Å². The summed E-state index contributed by atoms with van der Waals surface area (Å²) in [6.07, 6.45) is 1.79. The summed E-state index contributed by atoms with van der Waals surface area (Å²) in [4.78, 5) is 0. The molecule has 0 aromatic rings. The molecular formula is C5H12N2O. The van der Waals surface area contributed by atoms with Gasteiger partial charge in [-0.25, -0.2) is 0 Å². The normalized spacial score (nSPS) is 35.6. The first-order valence-corrected chi connectivity index (χ1v) is 2.86. The SMILES string of the molecule is NC1(N)CCC(O)C1. The number of rotatable bonds is 0. The Balaban J connectivity index is 2.44. The van der Waals surface area contributed by atoms with E-state index in [2.05, 4.69) is 0 Å². The number of aliphatic hydroxyl groups is 1. The van der Waals surface area contributed by atoms with Gasteiger partial charge in [0.05, 0.1) is 11.8 Å². The van der Waals surface area contributed by atoms with E-state index >= 15 is 0 Å². The number of nitrogens with two attached hydrogens (primary N) is 2. The van der Waals surface area contributed by atoms with Crippen molar-refractivity contribution < 1.29 is 5.11 Å². The maximum absolute atomic E-state index is 8.90. The Morgan fingerprint density at radius 3 is 2.25 bits per heavy atom. The van der Waals surface area contributed by atoms with E-state index in [9.17, 15) is 0 Å². The Bertz CT molecular complexity index is 92.4. The highest BCUT2D eigenvalue weighted by Gasteiger charge is 2.30. The first kappa shape index (κ1) is 6.01. The van der Waals surface area contributed by atoms with E-state index in [0.717, 1.165) is 12.8 Å². The van der Waals surface area contributed by atoms with Crippen molar-refractivity contribution in [2.45, 2.75) is 31.0 Å². The molecule has 8 heavy (non-hydrogen) atoms. The fourth-order valence-corrected chi connectivity index (χ4v) is 1.08. The first-order chi connectivity index (χ1) is 3.60. The number of aliphatic hydroxyl groups excluding tert-OH is 1. The van der Waals surface area contributed by atoms with Crippen LogP contribution in [0.2, 0.25) is 0 Å². The van der Waals surface area contributed by atoms with Crippen LogP contribution in [0.5, 0.6) is 0 Å². The topological polar surface area (TPSA) is 72.3 Å². The molecule has 0 spiro atoms. The molecule has 48 valence electrons. The van der Waals surface area contributed by atoms with Crippen molar-refractivity contribution in [3.63, 3.8) is 0 Å². The van der Waals surface area contributed by atoms with Gasteiger partial charge in [-0.05, 0) is 12.8 Å². The third-order valence-corrected chi connectivity index (χ3v) is 1.56. The number of hydrogen-bond donors (Lipinski definition) is 3. The molecule has 1 fully saturated rings. The molecule has 1 unspecified atom stereocenters. The highest BCUT2D eigenvalue weighted by Crippen LogP contribution is 2.22. The van der Waals surface area contributed by atoms with Gasteiger partial charge in [0, 0.05) is 6.42 Å². The molecule has 0 bridgehead atoms. The fourth-order valence-electron chi connectivity index (χ4n) is 1.08. The fraction of sp³-hybridized carbons (Fsp3) is 1.00. The Labute approximate surface area is 48.7 Å². The van der Waals surface area contributed by atoms with Gasteiger partial charge in [-0.1, -0.05) is 0 Å². The van der Waals surface area contributed by atoms with Gasteiger partial charge in [-0.3, -0.25) is 0 Å². The monoisotopic (exact) mass is 116 g/mol. The van der Waals surface area contributed by atoms with Gasteiger partial charge >= 0.3 is 0 Å². The standard InChI is InChI=1S/C5H12N2O/c6-5(7)2-1-4(8)3-5/h4,8H,1-3,6-7H2. The second kappa shape index (κ2) is 1.69. The lowest BCUT2D eigenvalue weighted by molar-refractivity contribution is 0.174. The summed E-state index contributed by atoms with van der Waals surface area (Å²) in [6.45, 7) is 0. The molecule has 0 radical (unpaired) electrons. The molecule has 1 saturated carbocycles. The number of hydrogen-bond acceptors (Lipinski definition) is 3. The Morgan fingerprint density at radius 1 is 1.50 bits per heavy atom. The van der Waals surface area contributed by atoms with Gasteiger partial charge in [-0.2, -0.15) is 0 Å². The molecule has 0 aromatic carbocycles. The minimum atomic E-state index is -0.584. The van der Waals surface area contributed by atoms with E-state index < -0.39 is 5.66 Å². The summed E-state index contributed by atoms with van der Waals surface area (Å²) in [6, 6.07) is 0. The van der Waals surface area contributed by atoms with E-state index in [1.807, 2.05) is 0 Å². The van der Waals surface area contributed by atoms with Crippen LogP contribution in [-0.4, -0.2) is 16.9 Å². The summed E-state index contributed by atoms with van der Waals surface area (Å²) >= 11 is 0. The van der Waals surface area contributed by atoms with E-state index in [0.29, 0.717) is 6.42 Å². The highest BCUT2D eigenvalue weighted by atomic mass is 16.3. The molecule has 0 heterocycles. The van der Waals surface area contributed by atoms with Crippen molar-refractivity contribution in [2.75, 3.05) is 0 Å². The summed E-state index contributed by atoms with van der Waals surface area (Å²) in [7, 11) is 0. The molecule has 1 aliphatic carbocycles. The van der Waals surface area contributed by atoms with Gasteiger partial charge in [0.1, 0.15) is 0 Å². The quantitative estimate of drug-likeness (QED) is 0.361. The molecule has 1 atom stereocenters. The molecule has 1 rings (SSSR count). The first-order valence-electron chi connectivity index (χ1n) is 2.86. The zero-order chi connectivity index (χ0) is 6.20. The molecule has 0 aliphatic heterocycles. The molecule has 0 saturated heterocycles. The lowest BCUT2D eigenvalue weighted by atomic mass is 10.2. The van der Waals surface area contributed by atoms with Crippen LogP contribution in [0.15, 0.2) is 0 Å². The summed E-state index contributed by atoms with van der Waals surface area (Å²) in [5.41, 5.74) is 10.4. The minimum Gasteiger partial charge on any atom is -0.393 e. The average Bonchev–Trinajstić information content (AvgIpc) is 1.82. The highest BCUT2D eigenvalue weighted by molar-refractivity contribution is 4.87. The molecule has 0 aromatic heterocycles. The van der Waals surface area contributed by atoms with E-state index in [4.69, 9.17) is 16.6 Å². The largest absolute Gasteiger partial charge is 0.393 e. The molecule has 1 aliphatic rings. The Kier molecular flexibility index (Phi) is 1.27. The van der Waals surface area contributed by atoms with Crippen LogP contribution in [0.25, 0.3) is 0 Å². The summed E-state index contributed by atoms with van der Waals surface area (Å²) in [5.74, 6) is 0. The van der Waals surface area contributed by atoms with E-state index in [1.165, 1.54) is 0 Å². The summed E-state index contributed by atoms with van der Waals surface area (Å²) in [5, 5.41) is 8.90. The van der Waals surface area contributed by atoms with Crippen molar-refractivity contribution in [1.82, 2.24) is 0 Å². The van der Waals surface area contributed by atoms with Crippen LogP contribution >= 0.6 is 0 Å². The zero-order valence-corrected chi connectivity index (χ0v) is 4.80. The van der Waals surface area contributed by atoms with Crippen LogP contribution in [0.3, 0.4) is 0 Å². The van der Waals surface area contributed by atoms with Crippen LogP contribution < -0.4 is 11.5 Å². The third-order valence-electron chi connectivity index (χ3n) is 1.56. The Hall–Kier alpha value is -0.120. The predicted octanol–water partition coefficient (Wildman–Crippen LogP) is -0.855.